The van der Waals surface area contributed by atoms with Crippen molar-refractivity contribution in [3.8, 4) is 0 Å². The molecule has 0 fully saturated rings. The van der Waals surface area contributed by atoms with Crippen LogP contribution in [0.4, 0.5) is 5.69 Å². The van der Waals surface area contributed by atoms with Gasteiger partial charge >= 0.3 is 5.97 Å². The lowest BCUT2D eigenvalue weighted by atomic mass is 10.1. The summed E-state index contributed by atoms with van der Waals surface area (Å²) in [6.07, 6.45) is 0. The number of hydrogen-bond acceptors (Lipinski definition) is 3. The number of nitrogens with one attached hydrogen (secondary N) is 1. The van der Waals surface area contributed by atoms with Crippen LogP contribution >= 0.6 is 22.6 Å². The number of aromatic carboxylic acids is 1. The van der Waals surface area contributed by atoms with E-state index in [0.717, 1.165) is 3.57 Å². The molecule has 2 rings (SSSR count). The Morgan fingerprint density at radius 1 is 1.14 bits per heavy atom. The quantitative estimate of drug-likeness (QED) is 0.733. The summed E-state index contributed by atoms with van der Waals surface area (Å²) in [6, 6.07) is 12.8. The second kappa shape index (κ2) is 6.44. The van der Waals surface area contributed by atoms with Gasteiger partial charge in [-0.05, 0) is 58.5 Å². The van der Waals surface area contributed by atoms with Crippen LogP contribution in [-0.4, -0.2) is 19.5 Å². The molecule has 0 heterocycles. The van der Waals surface area contributed by atoms with Crippen LogP contribution in [0.1, 0.15) is 15.9 Å². The maximum atomic E-state index is 12.1. The second-order valence-electron chi connectivity index (χ2n) is 4.37. The van der Waals surface area contributed by atoms with Gasteiger partial charge in [0.1, 0.15) is 0 Å². The minimum absolute atomic E-state index is 0.127. The highest BCUT2D eigenvalue weighted by Crippen LogP contribution is 2.16. The molecule has 0 amide bonds. The summed E-state index contributed by atoms with van der Waals surface area (Å²) in [6.45, 7) is 0. The standard InChI is InChI=1S/C14H12INO4S/c15-12-2-1-3-13(8-12)16-21(19,20)9-10-4-6-11(7-5-10)14(17)18/h1-8,16H,9H2,(H,17,18). The lowest BCUT2D eigenvalue weighted by Crippen LogP contribution is -2.15. The predicted molar refractivity (Wildman–Crippen MR) is 88.8 cm³/mol. The molecule has 21 heavy (non-hydrogen) atoms. The number of rotatable bonds is 5. The summed E-state index contributed by atoms with van der Waals surface area (Å²) in [5, 5.41) is 8.80. The van der Waals surface area contributed by atoms with Gasteiger partial charge in [-0.15, -0.1) is 0 Å². The number of carbonyl (C=O) groups is 1. The number of anilines is 1. The summed E-state index contributed by atoms with van der Waals surface area (Å²) in [5.41, 5.74) is 1.16. The molecule has 0 spiro atoms. The van der Waals surface area contributed by atoms with E-state index in [9.17, 15) is 13.2 Å². The Hall–Kier alpha value is -1.61. The number of halogens is 1. The Balaban J connectivity index is 2.12. The number of carboxylic acid groups (broad SMARTS) is 1. The number of benzene rings is 2. The Kier molecular flexibility index (Phi) is 4.84. The van der Waals surface area contributed by atoms with Gasteiger partial charge in [0.05, 0.1) is 11.3 Å². The molecule has 2 aromatic rings. The van der Waals surface area contributed by atoms with Gasteiger partial charge < -0.3 is 5.11 Å². The van der Waals surface area contributed by atoms with Crippen molar-refractivity contribution in [1.82, 2.24) is 0 Å². The smallest absolute Gasteiger partial charge is 0.335 e. The van der Waals surface area contributed by atoms with Gasteiger partial charge in [-0.2, -0.15) is 0 Å². The fraction of sp³-hybridized carbons (Fsp3) is 0.0714. The number of sulfonamides is 1. The third-order valence-electron chi connectivity index (χ3n) is 2.66. The van der Waals surface area contributed by atoms with Gasteiger partial charge in [0.15, 0.2) is 0 Å². The molecule has 0 aliphatic rings. The summed E-state index contributed by atoms with van der Waals surface area (Å²) in [4.78, 5) is 10.7. The largest absolute Gasteiger partial charge is 0.478 e. The summed E-state index contributed by atoms with van der Waals surface area (Å²) < 4.78 is 27.6. The zero-order chi connectivity index (χ0) is 15.5. The van der Waals surface area contributed by atoms with Crippen molar-refractivity contribution in [2.45, 2.75) is 5.75 Å². The molecule has 0 saturated heterocycles. The van der Waals surface area contributed by atoms with Crippen molar-refractivity contribution >= 4 is 44.3 Å². The van der Waals surface area contributed by atoms with Crippen LogP contribution in [0.25, 0.3) is 0 Å². The van der Waals surface area contributed by atoms with Gasteiger partial charge in [-0.1, -0.05) is 18.2 Å². The summed E-state index contributed by atoms with van der Waals surface area (Å²) >= 11 is 2.10. The third kappa shape index (κ3) is 4.71. The molecular weight excluding hydrogens is 405 g/mol. The third-order valence-corrected chi connectivity index (χ3v) is 4.59. The van der Waals surface area contributed by atoms with Crippen molar-refractivity contribution in [3.63, 3.8) is 0 Å². The Bertz CT molecular complexity index is 757. The fourth-order valence-corrected chi connectivity index (χ4v) is 3.46. The molecule has 2 aromatic carbocycles. The van der Waals surface area contributed by atoms with Gasteiger partial charge in [0.25, 0.3) is 0 Å². The Labute approximate surface area is 136 Å². The van der Waals surface area contributed by atoms with Crippen molar-refractivity contribution < 1.29 is 18.3 Å². The zero-order valence-electron chi connectivity index (χ0n) is 10.8. The summed E-state index contributed by atoms with van der Waals surface area (Å²) in [5.74, 6) is -1.25. The van der Waals surface area contributed by atoms with E-state index in [1.165, 1.54) is 24.3 Å². The maximum absolute atomic E-state index is 12.1. The molecule has 110 valence electrons. The van der Waals surface area contributed by atoms with E-state index in [2.05, 4.69) is 27.3 Å². The van der Waals surface area contributed by atoms with Crippen molar-refractivity contribution in [3.05, 3.63) is 63.2 Å². The molecule has 2 N–H and O–H groups in total. The van der Waals surface area contributed by atoms with Gasteiger partial charge in [-0.25, -0.2) is 13.2 Å². The van der Waals surface area contributed by atoms with E-state index < -0.39 is 16.0 Å². The lowest BCUT2D eigenvalue weighted by molar-refractivity contribution is 0.0697. The van der Waals surface area contributed by atoms with E-state index in [4.69, 9.17) is 5.11 Å². The SMILES string of the molecule is O=C(O)c1ccc(CS(=O)(=O)Nc2cccc(I)c2)cc1. The van der Waals surface area contributed by atoms with Crippen LogP contribution in [0.5, 0.6) is 0 Å². The first-order valence-corrected chi connectivity index (χ1v) is 8.67. The van der Waals surface area contributed by atoms with Gasteiger partial charge in [-0.3, -0.25) is 4.72 Å². The normalized spacial score (nSPS) is 11.1. The van der Waals surface area contributed by atoms with Crippen molar-refractivity contribution in [2.75, 3.05) is 4.72 Å². The van der Waals surface area contributed by atoms with E-state index >= 15 is 0 Å². The average molecular weight is 417 g/mol. The molecule has 0 unspecified atom stereocenters. The van der Waals surface area contributed by atoms with Crippen LogP contribution in [-0.2, 0) is 15.8 Å². The maximum Gasteiger partial charge on any atom is 0.335 e. The highest BCUT2D eigenvalue weighted by Gasteiger charge is 2.12. The molecule has 0 bridgehead atoms. The average Bonchev–Trinajstić information content (AvgIpc) is 2.38. The molecular formula is C14H12INO4S. The second-order valence-corrected chi connectivity index (χ2v) is 7.34. The molecule has 5 nitrogen and oxygen atoms in total. The molecule has 0 aliphatic carbocycles. The molecule has 0 saturated carbocycles. The number of carboxylic acids is 1. The monoisotopic (exact) mass is 417 g/mol. The number of hydrogen-bond donors (Lipinski definition) is 2. The van der Waals surface area contributed by atoms with E-state index in [-0.39, 0.29) is 11.3 Å². The van der Waals surface area contributed by atoms with Crippen LogP contribution in [0.3, 0.4) is 0 Å². The van der Waals surface area contributed by atoms with Gasteiger partial charge in [0.2, 0.25) is 10.0 Å². The predicted octanol–water partition coefficient (Wildman–Crippen LogP) is 2.93. The van der Waals surface area contributed by atoms with E-state index in [1.807, 2.05) is 6.07 Å². The van der Waals surface area contributed by atoms with Crippen molar-refractivity contribution in [2.24, 2.45) is 0 Å². The highest BCUT2D eigenvalue weighted by atomic mass is 127. The van der Waals surface area contributed by atoms with Crippen LogP contribution in [0.15, 0.2) is 48.5 Å². The van der Waals surface area contributed by atoms with Crippen LogP contribution in [0.2, 0.25) is 0 Å². The topological polar surface area (TPSA) is 83.5 Å². The Morgan fingerprint density at radius 3 is 2.38 bits per heavy atom. The lowest BCUT2D eigenvalue weighted by Gasteiger charge is -2.08. The first-order valence-electron chi connectivity index (χ1n) is 5.94. The summed E-state index contributed by atoms with van der Waals surface area (Å²) in [7, 11) is -3.54. The van der Waals surface area contributed by atoms with Crippen LogP contribution < -0.4 is 4.72 Å². The van der Waals surface area contributed by atoms with E-state index in [1.54, 1.807) is 18.2 Å². The molecule has 0 aromatic heterocycles. The minimum Gasteiger partial charge on any atom is -0.478 e. The first kappa shape index (κ1) is 15.8. The Morgan fingerprint density at radius 2 is 1.81 bits per heavy atom. The first-order chi connectivity index (χ1) is 9.85. The zero-order valence-corrected chi connectivity index (χ0v) is 13.8. The van der Waals surface area contributed by atoms with Gasteiger partial charge in [0, 0.05) is 9.26 Å². The molecule has 0 atom stereocenters. The molecule has 0 aliphatic heterocycles. The highest BCUT2D eigenvalue weighted by molar-refractivity contribution is 14.1. The molecule has 7 heteroatoms. The fourth-order valence-electron chi connectivity index (χ4n) is 1.73. The minimum atomic E-state index is -3.54. The van der Waals surface area contributed by atoms with Crippen molar-refractivity contribution in [1.29, 1.82) is 0 Å². The van der Waals surface area contributed by atoms with Crippen LogP contribution in [0, 0.1) is 3.57 Å². The molecule has 0 radical (unpaired) electrons. The van der Waals surface area contributed by atoms with E-state index in [0.29, 0.717) is 11.3 Å².